The molecule has 106 valence electrons. The van der Waals surface area contributed by atoms with Crippen molar-refractivity contribution in [2.24, 2.45) is 0 Å². The van der Waals surface area contributed by atoms with E-state index < -0.39 is 8.25 Å². The fraction of sp³-hybridized carbons (Fsp3) is 0.455. The van der Waals surface area contributed by atoms with E-state index in [2.05, 4.69) is 21.1 Å². The van der Waals surface area contributed by atoms with Crippen molar-refractivity contribution < 1.29 is 23.9 Å². The highest BCUT2D eigenvalue weighted by Gasteiger charge is 2.02. The summed E-state index contributed by atoms with van der Waals surface area (Å²) in [5.41, 5.74) is 6.18. The van der Waals surface area contributed by atoms with E-state index in [0.29, 0.717) is 0 Å². The molecule has 0 saturated heterocycles. The van der Waals surface area contributed by atoms with Crippen LogP contribution in [0.25, 0.3) is 0 Å². The van der Waals surface area contributed by atoms with Crippen molar-refractivity contribution in [3.05, 3.63) is 30.3 Å². The number of likely N-dealkylation sites (N-methyl/N-ethyl adjacent to an activating group) is 1. The quantitative estimate of drug-likeness (QED) is 0.354. The SMILES string of the molecule is C[N+](C)(C)CCO.Nc1ccccc1.O=[PH](O)O. The maximum atomic E-state index is 8.74. The Kier molecular flexibility index (Phi) is 12.1. The average molecular weight is 279 g/mol. The third kappa shape index (κ3) is 24.4. The first-order valence-corrected chi connectivity index (χ1v) is 6.63. The van der Waals surface area contributed by atoms with Crippen molar-refractivity contribution in [3.8, 4) is 0 Å². The molecule has 0 unspecified atom stereocenters. The first-order chi connectivity index (χ1) is 8.19. The molecular weight excluding hydrogens is 255 g/mol. The highest BCUT2D eigenvalue weighted by atomic mass is 31.1. The van der Waals surface area contributed by atoms with Crippen molar-refractivity contribution in [1.29, 1.82) is 0 Å². The van der Waals surface area contributed by atoms with Gasteiger partial charge in [-0.15, -0.1) is 0 Å². The van der Waals surface area contributed by atoms with Gasteiger partial charge in [0.1, 0.15) is 6.54 Å². The van der Waals surface area contributed by atoms with E-state index in [1.165, 1.54) is 0 Å². The third-order valence-electron chi connectivity index (χ3n) is 1.57. The molecule has 0 heterocycles. The Bertz CT molecular complexity index is 311. The molecule has 1 rings (SSSR count). The average Bonchev–Trinajstić information content (AvgIpc) is 2.16. The minimum Gasteiger partial charge on any atom is -0.399 e. The van der Waals surface area contributed by atoms with Gasteiger partial charge in [-0.1, -0.05) is 18.2 Å². The zero-order valence-electron chi connectivity index (χ0n) is 11.1. The van der Waals surface area contributed by atoms with Gasteiger partial charge in [0.05, 0.1) is 27.7 Å². The topological polar surface area (TPSA) is 104 Å². The normalized spacial score (nSPS) is 9.94. The van der Waals surface area contributed by atoms with Gasteiger partial charge in [-0.25, -0.2) is 0 Å². The number of aliphatic hydroxyl groups is 1. The van der Waals surface area contributed by atoms with Crippen LogP contribution in [0.3, 0.4) is 0 Å². The van der Waals surface area contributed by atoms with Crippen LogP contribution in [0.2, 0.25) is 0 Å². The van der Waals surface area contributed by atoms with Gasteiger partial charge in [0.15, 0.2) is 0 Å². The number of para-hydroxylation sites is 1. The van der Waals surface area contributed by atoms with Crippen molar-refractivity contribution in [3.63, 3.8) is 0 Å². The Balaban J connectivity index is 0. The number of nitrogens with zero attached hydrogens (tertiary/aromatic N) is 1. The lowest BCUT2D eigenvalue weighted by molar-refractivity contribution is -0.870. The fourth-order valence-electron chi connectivity index (χ4n) is 0.753. The van der Waals surface area contributed by atoms with Crippen LogP contribution in [-0.4, -0.2) is 53.7 Å². The highest BCUT2D eigenvalue weighted by molar-refractivity contribution is 7.30. The Morgan fingerprint density at radius 3 is 1.67 bits per heavy atom. The number of benzene rings is 1. The number of rotatable bonds is 2. The molecule has 1 aromatic rings. The number of nitrogens with two attached hydrogens (primary N) is 1. The Morgan fingerprint density at radius 1 is 1.17 bits per heavy atom. The summed E-state index contributed by atoms with van der Waals surface area (Å²) in [6, 6.07) is 9.49. The molecule has 0 aliphatic carbocycles. The Hall–Kier alpha value is -0.910. The maximum absolute atomic E-state index is 8.74. The first-order valence-electron chi connectivity index (χ1n) is 5.32. The van der Waals surface area contributed by atoms with E-state index in [1.807, 2.05) is 30.3 Å². The zero-order chi connectivity index (χ0) is 14.6. The predicted molar refractivity (Wildman–Crippen MR) is 74.3 cm³/mol. The van der Waals surface area contributed by atoms with Crippen LogP contribution >= 0.6 is 8.25 Å². The van der Waals surface area contributed by atoms with Crippen LogP contribution < -0.4 is 5.73 Å². The lowest BCUT2D eigenvalue weighted by Gasteiger charge is -2.21. The third-order valence-corrected chi connectivity index (χ3v) is 1.57. The van der Waals surface area contributed by atoms with Gasteiger partial charge in [0.2, 0.25) is 0 Å². The molecular formula is C11H24N2O4P+. The second kappa shape index (κ2) is 11.2. The van der Waals surface area contributed by atoms with Gasteiger partial charge in [-0.2, -0.15) is 0 Å². The summed E-state index contributed by atoms with van der Waals surface area (Å²) in [5.74, 6) is 0. The van der Waals surface area contributed by atoms with E-state index in [4.69, 9.17) is 25.2 Å². The van der Waals surface area contributed by atoms with Crippen LogP contribution in [0.15, 0.2) is 30.3 Å². The molecule has 18 heavy (non-hydrogen) atoms. The molecule has 0 saturated carbocycles. The molecule has 0 spiro atoms. The monoisotopic (exact) mass is 279 g/mol. The van der Waals surface area contributed by atoms with E-state index in [9.17, 15) is 0 Å². The molecule has 0 aliphatic heterocycles. The van der Waals surface area contributed by atoms with Crippen molar-refractivity contribution in [1.82, 2.24) is 0 Å². The maximum Gasteiger partial charge on any atom is 0.314 e. The first kappa shape index (κ1) is 19.4. The van der Waals surface area contributed by atoms with Gasteiger partial charge in [0.25, 0.3) is 0 Å². The summed E-state index contributed by atoms with van der Waals surface area (Å²) in [6.45, 7) is 1.11. The Labute approximate surface area is 109 Å². The van der Waals surface area contributed by atoms with Gasteiger partial charge in [-0.3, -0.25) is 4.57 Å². The van der Waals surface area contributed by atoms with Crippen LogP contribution in [0.4, 0.5) is 5.69 Å². The second-order valence-electron chi connectivity index (χ2n) is 4.43. The number of hydrogen-bond acceptors (Lipinski definition) is 3. The van der Waals surface area contributed by atoms with E-state index >= 15 is 0 Å². The molecule has 0 radical (unpaired) electrons. The summed E-state index contributed by atoms with van der Waals surface area (Å²) in [4.78, 5) is 14.3. The molecule has 0 atom stereocenters. The Morgan fingerprint density at radius 2 is 1.56 bits per heavy atom. The summed E-state index contributed by atoms with van der Waals surface area (Å²) in [5, 5.41) is 8.39. The molecule has 5 N–H and O–H groups in total. The molecule has 0 aromatic heterocycles. The molecule has 7 heteroatoms. The van der Waals surface area contributed by atoms with Crippen LogP contribution in [-0.2, 0) is 4.57 Å². The van der Waals surface area contributed by atoms with Gasteiger partial charge < -0.3 is 25.1 Å². The van der Waals surface area contributed by atoms with Crippen LogP contribution in [0, 0.1) is 0 Å². The summed E-state index contributed by atoms with van der Waals surface area (Å²) >= 11 is 0. The minimum absolute atomic E-state index is 0.281. The summed E-state index contributed by atoms with van der Waals surface area (Å²) in [6.07, 6.45) is 0. The van der Waals surface area contributed by atoms with Crippen molar-refractivity contribution in [2.75, 3.05) is 40.0 Å². The van der Waals surface area contributed by atoms with Crippen LogP contribution in [0.1, 0.15) is 0 Å². The lowest BCUT2D eigenvalue weighted by atomic mass is 10.3. The number of hydrogen-bond donors (Lipinski definition) is 4. The highest BCUT2D eigenvalue weighted by Crippen LogP contribution is 1.98. The zero-order valence-corrected chi connectivity index (χ0v) is 12.1. The van der Waals surface area contributed by atoms with Gasteiger partial charge >= 0.3 is 8.25 Å². The minimum atomic E-state index is -3.13. The smallest absolute Gasteiger partial charge is 0.314 e. The molecule has 0 aliphatic rings. The molecule has 0 fully saturated rings. The number of anilines is 1. The number of nitrogen functional groups attached to an aromatic ring is 1. The summed E-state index contributed by atoms with van der Waals surface area (Å²) in [7, 11) is 3.03. The standard InChI is InChI=1S/C6H7N.C5H14NO.H3O3P/c7-6-4-2-1-3-5-6;1-6(2,3)4-5-7;1-4(2)3/h1-5H,7H2;7H,4-5H2,1-3H3;4H,(H2,1,2,3)/q;+1;. The second-order valence-corrected chi connectivity index (χ2v) is 5.00. The van der Waals surface area contributed by atoms with E-state index in [1.54, 1.807) is 0 Å². The van der Waals surface area contributed by atoms with Crippen molar-refractivity contribution in [2.45, 2.75) is 0 Å². The van der Waals surface area contributed by atoms with E-state index in [-0.39, 0.29) is 6.61 Å². The van der Waals surface area contributed by atoms with Crippen molar-refractivity contribution >= 4 is 13.9 Å². The van der Waals surface area contributed by atoms with E-state index in [0.717, 1.165) is 16.7 Å². The molecule has 0 bridgehead atoms. The fourth-order valence-corrected chi connectivity index (χ4v) is 0.753. The van der Waals surface area contributed by atoms with Gasteiger partial charge in [-0.05, 0) is 12.1 Å². The largest absolute Gasteiger partial charge is 0.399 e. The lowest BCUT2D eigenvalue weighted by Crippen LogP contribution is -2.36. The predicted octanol–water partition coefficient (Wildman–Crippen LogP) is 0.314. The van der Waals surface area contributed by atoms with Crippen LogP contribution in [0.5, 0.6) is 0 Å². The molecule has 6 nitrogen and oxygen atoms in total. The molecule has 1 aromatic carbocycles. The number of aliphatic hydroxyl groups excluding tert-OH is 1. The molecule has 0 amide bonds. The van der Waals surface area contributed by atoms with Gasteiger partial charge in [0, 0.05) is 5.69 Å². The number of quaternary nitrogens is 1. The summed E-state index contributed by atoms with van der Waals surface area (Å²) < 4.78 is 9.58.